The Balaban J connectivity index is 1.82. The maximum absolute atomic E-state index is 13.4. The van der Waals surface area contributed by atoms with Crippen molar-refractivity contribution in [2.45, 2.75) is 44.0 Å². The minimum absolute atomic E-state index is 0.139. The molecule has 0 fully saturated rings. The zero-order chi connectivity index (χ0) is 21.3. The number of aryl methyl sites for hydroxylation is 1. The van der Waals surface area contributed by atoms with E-state index in [0.717, 1.165) is 12.1 Å². The maximum atomic E-state index is 13.4. The first-order valence-electron chi connectivity index (χ1n) is 9.71. The molecule has 2 heterocycles. The van der Waals surface area contributed by atoms with Crippen LogP contribution in [-0.2, 0) is 5.75 Å². The van der Waals surface area contributed by atoms with Crippen LogP contribution in [0.1, 0.15) is 43.5 Å². The number of hydrogen-bond donors (Lipinski definition) is 0. The molecule has 1 atom stereocenters. The number of hydrogen-bond acceptors (Lipinski definition) is 6. The zero-order valence-corrected chi connectivity index (χ0v) is 18.5. The average Bonchev–Trinajstić information content (AvgIpc) is 3.17. The van der Waals surface area contributed by atoms with Crippen molar-refractivity contribution in [2.75, 3.05) is 0 Å². The van der Waals surface area contributed by atoms with E-state index < -0.39 is 0 Å². The number of halogens is 1. The fourth-order valence-electron chi connectivity index (χ4n) is 3.18. The van der Waals surface area contributed by atoms with E-state index in [1.165, 1.54) is 17.3 Å². The van der Waals surface area contributed by atoms with Crippen molar-refractivity contribution >= 4 is 34.3 Å². The predicted octanol–water partition coefficient (Wildman–Crippen LogP) is 5.54. The average molecular weight is 441 g/mol. The molecule has 0 saturated heterocycles. The summed E-state index contributed by atoms with van der Waals surface area (Å²) in [5.41, 5.74) is 2.43. The summed E-state index contributed by atoms with van der Waals surface area (Å²) in [5, 5.41) is 5.53. The molecule has 0 saturated carbocycles. The molecule has 0 N–H and O–H groups in total. The molecule has 0 aliphatic rings. The lowest BCUT2D eigenvalue weighted by atomic mass is 9.98. The van der Waals surface area contributed by atoms with Gasteiger partial charge < -0.3 is 4.52 Å². The second-order valence-electron chi connectivity index (χ2n) is 7.12. The summed E-state index contributed by atoms with van der Waals surface area (Å²) in [6, 6.07) is 13.2. The van der Waals surface area contributed by atoms with E-state index in [1.54, 1.807) is 29.7 Å². The maximum Gasteiger partial charge on any atom is 0.266 e. The van der Waals surface area contributed by atoms with Gasteiger partial charge in [0.1, 0.15) is 0 Å². The summed E-state index contributed by atoms with van der Waals surface area (Å²) in [6.45, 7) is 6.10. The molecule has 4 aromatic rings. The predicted molar refractivity (Wildman–Crippen MR) is 120 cm³/mol. The summed E-state index contributed by atoms with van der Waals surface area (Å²) in [6.07, 6.45) is 1.06. The van der Waals surface area contributed by atoms with Crippen molar-refractivity contribution in [3.63, 3.8) is 0 Å². The fraction of sp³-hybridized carbons (Fsp3) is 0.273. The lowest BCUT2D eigenvalue weighted by molar-refractivity contribution is 0.389. The fourth-order valence-corrected chi connectivity index (χ4v) is 4.20. The molecule has 0 radical (unpaired) electrons. The highest BCUT2D eigenvalue weighted by atomic mass is 35.5. The Morgan fingerprint density at radius 3 is 2.60 bits per heavy atom. The van der Waals surface area contributed by atoms with Gasteiger partial charge in [-0.15, -0.1) is 0 Å². The first-order chi connectivity index (χ1) is 14.5. The molecule has 0 bridgehead atoms. The van der Waals surface area contributed by atoms with Crippen molar-refractivity contribution in [2.24, 2.45) is 0 Å². The van der Waals surface area contributed by atoms with E-state index in [9.17, 15) is 4.79 Å². The Morgan fingerprint density at radius 1 is 1.17 bits per heavy atom. The van der Waals surface area contributed by atoms with Crippen LogP contribution in [0.25, 0.3) is 16.6 Å². The normalized spacial score (nSPS) is 12.4. The van der Waals surface area contributed by atoms with Gasteiger partial charge in [-0.05, 0) is 48.2 Å². The van der Waals surface area contributed by atoms with E-state index >= 15 is 0 Å². The van der Waals surface area contributed by atoms with Crippen LogP contribution in [0, 0.1) is 6.92 Å². The van der Waals surface area contributed by atoms with E-state index in [2.05, 4.69) is 36.1 Å². The third kappa shape index (κ3) is 4.13. The van der Waals surface area contributed by atoms with Crippen molar-refractivity contribution < 1.29 is 4.52 Å². The Hall–Kier alpha value is -2.64. The van der Waals surface area contributed by atoms with Crippen LogP contribution in [0.15, 0.2) is 56.9 Å². The van der Waals surface area contributed by atoms with E-state index in [0.29, 0.717) is 44.5 Å². The Labute approximate surface area is 183 Å². The van der Waals surface area contributed by atoms with E-state index in [4.69, 9.17) is 21.1 Å². The number of thioether (sulfide) groups is 1. The molecule has 0 aliphatic carbocycles. The van der Waals surface area contributed by atoms with Crippen molar-refractivity contribution in [3.8, 4) is 5.69 Å². The molecule has 0 aliphatic heterocycles. The quantitative estimate of drug-likeness (QED) is 0.289. The van der Waals surface area contributed by atoms with Gasteiger partial charge in [-0.1, -0.05) is 54.5 Å². The monoisotopic (exact) mass is 440 g/mol. The van der Waals surface area contributed by atoms with Crippen molar-refractivity contribution in [1.29, 1.82) is 0 Å². The lowest BCUT2D eigenvalue weighted by Gasteiger charge is -2.14. The lowest BCUT2D eigenvalue weighted by Crippen LogP contribution is -2.21. The standard InChI is InChI=1S/C22H21ClN4O2S/c1-4-13(2)15-5-8-17(9-6-15)27-21(28)18-10-7-16(23)11-19(18)25-22(27)30-12-20-24-14(3)29-26-20/h5-11,13H,4,12H2,1-3H3. The largest absolute Gasteiger partial charge is 0.340 e. The number of rotatable bonds is 6. The zero-order valence-electron chi connectivity index (χ0n) is 16.9. The highest BCUT2D eigenvalue weighted by Gasteiger charge is 2.15. The minimum Gasteiger partial charge on any atom is -0.340 e. The molecule has 8 heteroatoms. The summed E-state index contributed by atoms with van der Waals surface area (Å²) in [4.78, 5) is 22.3. The first kappa shape index (κ1) is 20.6. The van der Waals surface area contributed by atoms with Crippen molar-refractivity contribution in [3.05, 3.63) is 75.1 Å². The van der Waals surface area contributed by atoms with E-state index in [1.807, 2.05) is 12.1 Å². The topological polar surface area (TPSA) is 73.8 Å². The summed E-state index contributed by atoms with van der Waals surface area (Å²) >= 11 is 7.51. The molecule has 0 spiro atoms. The molecule has 30 heavy (non-hydrogen) atoms. The van der Waals surface area contributed by atoms with Crippen LogP contribution in [0.5, 0.6) is 0 Å². The Bertz CT molecular complexity index is 1250. The summed E-state index contributed by atoms with van der Waals surface area (Å²) in [5.74, 6) is 1.95. The Kier molecular flexibility index (Phi) is 5.92. The van der Waals surface area contributed by atoms with Gasteiger partial charge in [0.2, 0.25) is 5.89 Å². The van der Waals surface area contributed by atoms with Crippen LogP contribution in [0.4, 0.5) is 0 Å². The molecule has 154 valence electrons. The third-order valence-electron chi connectivity index (χ3n) is 5.03. The van der Waals surface area contributed by atoms with Crippen LogP contribution in [0.3, 0.4) is 0 Å². The smallest absolute Gasteiger partial charge is 0.266 e. The van der Waals surface area contributed by atoms with Crippen LogP contribution in [0.2, 0.25) is 5.02 Å². The van der Waals surface area contributed by atoms with Gasteiger partial charge in [0.25, 0.3) is 5.56 Å². The first-order valence-corrected chi connectivity index (χ1v) is 11.1. The molecular formula is C22H21ClN4O2S. The second-order valence-corrected chi connectivity index (χ2v) is 8.49. The van der Waals surface area contributed by atoms with Crippen molar-refractivity contribution in [1.82, 2.24) is 19.7 Å². The Morgan fingerprint density at radius 2 is 1.93 bits per heavy atom. The van der Waals surface area contributed by atoms with Crippen LogP contribution >= 0.6 is 23.4 Å². The molecule has 2 aromatic heterocycles. The van der Waals surface area contributed by atoms with Gasteiger partial charge >= 0.3 is 0 Å². The second kappa shape index (κ2) is 8.62. The number of nitrogens with zero attached hydrogens (tertiary/aromatic N) is 4. The number of aromatic nitrogens is 4. The molecule has 4 rings (SSSR count). The van der Waals surface area contributed by atoms with Gasteiger partial charge in [-0.25, -0.2) is 4.98 Å². The minimum atomic E-state index is -0.139. The molecule has 0 amide bonds. The van der Waals surface area contributed by atoms with Gasteiger partial charge in [0, 0.05) is 11.9 Å². The summed E-state index contributed by atoms with van der Waals surface area (Å²) in [7, 11) is 0. The molecule has 6 nitrogen and oxygen atoms in total. The third-order valence-corrected chi connectivity index (χ3v) is 6.20. The van der Waals surface area contributed by atoms with Crippen LogP contribution in [-0.4, -0.2) is 19.7 Å². The molecular weight excluding hydrogens is 420 g/mol. The molecule has 1 unspecified atom stereocenters. The van der Waals surface area contributed by atoms with Gasteiger partial charge in [0.15, 0.2) is 11.0 Å². The SMILES string of the molecule is CCC(C)c1ccc(-n2c(SCc3noc(C)n3)nc3cc(Cl)ccc3c2=O)cc1. The highest BCUT2D eigenvalue weighted by molar-refractivity contribution is 7.98. The van der Waals surface area contributed by atoms with Gasteiger partial charge in [0.05, 0.1) is 22.3 Å². The van der Waals surface area contributed by atoms with E-state index in [-0.39, 0.29) is 5.56 Å². The molecule has 2 aromatic carbocycles. The number of benzene rings is 2. The summed E-state index contributed by atoms with van der Waals surface area (Å²) < 4.78 is 6.68. The van der Waals surface area contributed by atoms with Gasteiger partial charge in [-0.2, -0.15) is 4.98 Å². The van der Waals surface area contributed by atoms with Gasteiger partial charge in [-0.3, -0.25) is 9.36 Å². The van der Waals surface area contributed by atoms with Crippen LogP contribution < -0.4 is 5.56 Å². The number of fused-ring (bicyclic) bond motifs is 1. The highest BCUT2D eigenvalue weighted by Crippen LogP contribution is 2.26.